The molecule has 1 aliphatic carbocycles. The van der Waals surface area contributed by atoms with Gasteiger partial charge in [-0.2, -0.15) is 5.10 Å². The second-order valence-corrected chi connectivity index (χ2v) is 4.80. The van der Waals surface area contributed by atoms with E-state index in [1.807, 2.05) is 23.9 Å². The van der Waals surface area contributed by atoms with E-state index in [9.17, 15) is 4.79 Å². The van der Waals surface area contributed by atoms with E-state index in [-0.39, 0.29) is 11.9 Å². The number of aryl methyl sites for hydroxylation is 1. The number of aromatic nitrogens is 2. The van der Waals surface area contributed by atoms with Crippen molar-refractivity contribution in [2.75, 3.05) is 11.4 Å². The first kappa shape index (κ1) is 10.8. The number of anilines is 1. The van der Waals surface area contributed by atoms with Crippen molar-refractivity contribution in [3.63, 3.8) is 0 Å². The second-order valence-electron chi connectivity index (χ2n) is 4.80. The molecule has 1 saturated heterocycles. The Balaban J connectivity index is 1.69. The van der Waals surface area contributed by atoms with E-state index in [0.717, 1.165) is 25.3 Å². The van der Waals surface area contributed by atoms with E-state index < -0.39 is 0 Å². The topological polar surface area (TPSA) is 50.2 Å². The molecule has 2 fully saturated rings. The highest BCUT2D eigenvalue weighted by molar-refractivity contribution is 5.98. The molecule has 1 atom stereocenters. The summed E-state index contributed by atoms with van der Waals surface area (Å²) in [6.45, 7) is 3.66. The molecule has 1 aromatic heterocycles. The second kappa shape index (κ2) is 4.14. The lowest BCUT2D eigenvalue weighted by Crippen LogP contribution is -2.39. The monoisotopic (exact) mass is 234 g/mol. The lowest BCUT2D eigenvalue weighted by molar-refractivity contribution is -0.118. The van der Waals surface area contributed by atoms with E-state index >= 15 is 0 Å². The summed E-state index contributed by atoms with van der Waals surface area (Å²) in [4.78, 5) is 14.0. The lowest BCUT2D eigenvalue weighted by Gasteiger charge is -2.14. The molecule has 0 spiro atoms. The third kappa shape index (κ3) is 2.07. The molecule has 1 aliphatic heterocycles. The van der Waals surface area contributed by atoms with Gasteiger partial charge in [-0.05, 0) is 26.2 Å². The van der Waals surface area contributed by atoms with Crippen LogP contribution in [-0.4, -0.2) is 34.3 Å². The first-order chi connectivity index (χ1) is 8.28. The molecule has 5 nitrogen and oxygen atoms in total. The van der Waals surface area contributed by atoms with Crippen LogP contribution in [0.25, 0.3) is 0 Å². The Morgan fingerprint density at radius 1 is 1.47 bits per heavy atom. The van der Waals surface area contributed by atoms with Crippen molar-refractivity contribution in [2.45, 2.75) is 44.8 Å². The minimum Gasteiger partial charge on any atom is -0.303 e. The van der Waals surface area contributed by atoms with E-state index in [4.69, 9.17) is 0 Å². The molecule has 5 heteroatoms. The van der Waals surface area contributed by atoms with E-state index in [0.29, 0.717) is 6.04 Å². The summed E-state index contributed by atoms with van der Waals surface area (Å²) < 4.78 is 1.85. The highest BCUT2D eigenvalue weighted by Crippen LogP contribution is 2.24. The number of hydrogen-bond acceptors (Lipinski definition) is 3. The van der Waals surface area contributed by atoms with Crippen molar-refractivity contribution in [3.05, 3.63) is 12.3 Å². The highest BCUT2D eigenvalue weighted by Gasteiger charge is 2.36. The van der Waals surface area contributed by atoms with Gasteiger partial charge in [0, 0.05) is 31.4 Å². The molecule has 1 unspecified atom stereocenters. The van der Waals surface area contributed by atoms with E-state index in [1.165, 1.54) is 12.8 Å². The Hall–Kier alpha value is -1.36. The fourth-order valence-electron chi connectivity index (χ4n) is 2.27. The van der Waals surface area contributed by atoms with Crippen LogP contribution in [0.3, 0.4) is 0 Å². The Morgan fingerprint density at radius 2 is 2.29 bits per heavy atom. The summed E-state index contributed by atoms with van der Waals surface area (Å²) in [6, 6.07) is 2.51. The first-order valence-electron chi connectivity index (χ1n) is 6.39. The Kier molecular flexibility index (Phi) is 2.63. The molecule has 0 aromatic carbocycles. The van der Waals surface area contributed by atoms with Gasteiger partial charge in [-0.15, -0.1) is 0 Å². The van der Waals surface area contributed by atoms with Gasteiger partial charge in [-0.25, -0.2) is 0 Å². The normalized spacial score (nSPS) is 24.6. The van der Waals surface area contributed by atoms with Crippen LogP contribution < -0.4 is 10.2 Å². The van der Waals surface area contributed by atoms with Gasteiger partial charge >= 0.3 is 0 Å². The van der Waals surface area contributed by atoms with Crippen LogP contribution in [0.2, 0.25) is 0 Å². The summed E-state index contributed by atoms with van der Waals surface area (Å²) in [7, 11) is 0. The van der Waals surface area contributed by atoms with Crippen LogP contribution in [0.4, 0.5) is 5.82 Å². The quantitative estimate of drug-likeness (QED) is 0.836. The first-order valence-corrected chi connectivity index (χ1v) is 6.39. The number of nitrogens with one attached hydrogen (secondary N) is 1. The summed E-state index contributed by atoms with van der Waals surface area (Å²) in [5, 5.41) is 7.78. The molecule has 1 aromatic rings. The molecule has 2 aliphatic rings. The van der Waals surface area contributed by atoms with Crippen LogP contribution in [0.1, 0.15) is 26.2 Å². The summed E-state index contributed by atoms with van der Waals surface area (Å²) >= 11 is 0. The molecule has 0 radical (unpaired) electrons. The largest absolute Gasteiger partial charge is 0.303 e. The highest BCUT2D eigenvalue weighted by atomic mass is 16.2. The lowest BCUT2D eigenvalue weighted by atomic mass is 10.2. The predicted molar refractivity (Wildman–Crippen MR) is 64.8 cm³/mol. The Morgan fingerprint density at radius 3 is 2.94 bits per heavy atom. The minimum atomic E-state index is 0.00859. The van der Waals surface area contributed by atoms with E-state index in [1.54, 1.807) is 4.90 Å². The molecule has 1 N–H and O–H groups in total. The maximum atomic E-state index is 12.2. The fraction of sp³-hybridized carbons (Fsp3) is 0.667. The predicted octanol–water partition coefficient (Wildman–Crippen LogP) is 0.760. The van der Waals surface area contributed by atoms with Crippen molar-refractivity contribution in [1.82, 2.24) is 15.1 Å². The Labute approximate surface area is 101 Å². The molecule has 2 heterocycles. The third-order valence-corrected chi connectivity index (χ3v) is 3.45. The average molecular weight is 234 g/mol. The number of rotatable bonds is 4. The number of carbonyl (C=O) groups excluding carboxylic acids is 1. The van der Waals surface area contributed by atoms with Gasteiger partial charge in [0.15, 0.2) is 5.82 Å². The molecule has 17 heavy (non-hydrogen) atoms. The SMILES string of the molecule is CCn1ccc(N2CCC(NC3CC3)C2=O)n1. The number of nitrogens with zero attached hydrogens (tertiary/aromatic N) is 3. The van der Waals surface area contributed by atoms with Gasteiger partial charge in [0.2, 0.25) is 5.91 Å². The molecular formula is C12H18N4O. The van der Waals surface area contributed by atoms with E-state index in [2.05, 4.69) is 10.4 Å². The number of carbonyl (C=O) groups is 1. The van der Waals surface area contributed by atoms with Crippen molar-refractivity contribution in [3.8, 4) is 0 Å². The van der Waals surface area contributed by atoms with Crippen LogP contribution >= 0.6 is 0 Å². The van der Waals surface area contributed by atoms with Crippen LogP contribution in [0, 0.1) is 0 Å². The van der Waals surface area contributed by atoms with Gasteiger partial charge in [-0.3, -0.25) is 14.4 Å². The number of amides is 1. The molecule has 3 rings (SSSR count). The smallest absolute Gasteiger partial charge is 0.245 e. The standard InChI is InChI=1S/C12H18N4O/c1-2-15-7-6-11(14-15)16-8-5-10(12(16)17)13-9-3-4-9/h6-7,9-10,13H,2-5,8H2,1H3. The Bertz CT molecular complexity index is 424. The molecule has 1 amide bonds. The van der Waals surface area contributed by atoms with Gasteiger partial charge in [0.05, 0.1) is 6.04 Å². The summed E-state index contributed by atoms with van der Waals surface area (Å²) in [5.41, 5.74) is 0. The van der Waals surface area contributed by atoms with Crippen molar-refractivity contribution in [1.29, 1.82) is 0 Å². The van der Waals surface area contributed by atoms with Gasteiger partial charge < -0.3 is 5.32 Å². The average Bonchev–Trinajstić information content (AvgIpc) is 2.89. The summed E-state index contributed by atoms with van der Waals surface area (Å²) in [5.74, 6) is 0.968. The zero-order chi connectivity index (χ0) is 11.8. The van der Waals surface area contributed by atoms with Crippen molar-refractivity contribution >= 4 is 11.7 Å². The van der Waals surface area contributed by atoms with Crippen molar-refractivity contribution < 1.29 is 4.79 Å². The molecule has 92 valence electrons. The minimum absolute atomic E-state index is 0.00859. The molecule has 1 saturated carbocycles. The maximum Gasteiger partial charge on any atom is 0.245 e. The zero-order valence-corrected chi connectivity index (χ0v) is 10.1. The van der Waals surface area contributed by atoms with Gasteiger partial charge in [-0.1, -0.05) is 0 Å². The van der Waals surface area contributed by atoms with Gasteiger partial charge in [0.1, 0.15) is 0 Å². The van der Waals surface area contributed by atoms with Crippen LogP contribution in [0.15, 0.2) is 12.3 Å². The molecular weight excluding hydrogens is 216 g/mol. The molecule has 0 bridgehead atoms. The summed E-state index contributed by atoms with van der Waals surface area (Å²) in [6.07, 6.45) is 5.25. The maximum absolute atomic E-state index is 12.2. The third-order valence-electron chi connectivity index (χ3n) is 3.45. The van der Waals surface area contributed by atoms with Gasteiger partial charge in [0.25, 0.3) is 0 Å². The van der Waals surface area contributed by atoms with Crippen LogP contribution in [0.5, 0.6) is 0 Å². The number of hydrogen-bond donors (Lipinski definition) is 1. The van der Waals surface area contributed by atoms with Crippen LogP contribution in [-0.2, 0) is 11.3 Å². The fourth-order valence-corrected chi connectivity index (χ4v) is 2.27. The zero-order valence-electron chi connectivity index (χ0n) is 10.1. The van der Waals surface area contributed by atoms with Crippen molar-refractivity contribution in [2.24, 2.45) is 0 Å².